The standard InChI is InChI=1S/C41H34O2S/c1-3-7-24(8-4-1)26-12-16-35-33(20-26)40-36(42-35)17-18-38-41(40)30-14-11-28(23-39(30)44-38)27-13-15-34-31(19-27)32-21-29(22-37(32)43-34)25-9-5-2-6-10-25/h1-9,11-16,19-20,23,25,29,32,37-38,41H,10,17-18,21-22H2. The van der Waals surface area contributed by atoms with Gasteiger partial charge in [0.2, 0.25) is 0 Å². The lowest BCUT2D eigenvalue weighted by Gasteiger charge is -2.25. The normalized spacial score (nSPS) is 27.5. The lowest BCUT2D eigenvalue weighted by Crippen LogP contribution is -2.18. The van der Waals surface area contributed by atoms with Crippen molar-refractivity contribution in [3.05, 3.63) is 132 Å². The van der Waals surface area contributed by atoms with Crippen molar-refractivity contribution in [1.29, 1.82) is 0 Å². The van der Waals surface area contributed by atoms with Gasteiger partial charge in [0.1, 0.15) is 23.2 Å². The van der Waals surface area contributed by atoms with Crippen LogP contribution in [0.2, 0.25) is 0 Å². The molecule has 2 nitrogen and oxygen atoms in total. The van der Waals surface area contributed by atoms with E-state index in [4.69, 9.17) is 9.15 Å². The molecule has 4 aromatic carbocycles. The minimum atomic E-state index is 0.338. The monoisotopic (exact) mass is 590 g/mol. The highest BCUT2D eigenvalue weighted by Gasteiger charge is 2.45. The van der Waals surface area contributed by atoms with E-state index in [1.54, 1.807) is 0 Å². The van der Waals surface area contributed by atoms with Gasteiger partial charge in [-0.3, -0.25) is 0 Å². The Labute approximate surface area is 262 Å². The molecule has 216 valence electrons. The van der Waals surface area contributed by atoms with Crippen molar-refractivity contribution in [2.24, 2.45) is 11.8 Å². The van der Waals surface area contributed by atoms with Crippen LogP contribution in [0.4, 0.5) is 0 Å². The van der Waals surface area contributed by atoms with Crippen LogP contribution >= 0.6 is 11.8 Å². The molecule has 44 heavy (non-hydrogen) atoms. The Balaban J connectivity index is 0.979. The quantitative estimate of drug-likeness (QED) is 0.209. The second-order valence-electron chi connectivity index (χ2n) is 13.4. The van der Waals surface area contributed by atoms with Gasteiger partial charge in [-0.05, 0) is 95.7 Å². The van der Waals surface area contributed by atoms with E-state index in [9.17, 15) is 0 Å². The highest BCUT2D eigenvalue weighted by atomic mass is 32.2. The molecule has 0 bridgehead atoms. The second kappa shape index (κ2) is 9.78. The van der Waals surface area contributed by atoms with Gasteiger partial charge in [-0.1, -0.05) is 78.9 Å². The summed E-state index contributed by atoms with van der Waals surface area (Å²) in [6.07, 6.45) is 15.3. The third-order valence-corrected chi connectivity index (χ3v) is 12.5. The van der Waals surface area contributed by atoms with E-state index < -0.39 is 0 Å². The molecule has 1 fully saturated rings. The molecule has 3 heteroatoms. The summed E-state index contributed by atoms with van der Waals surface area (Å²) in [4.78, 5) is 1.44. The molecule has 0 saturated heterocycles. The third kappa shape index (κ3) is 3.88. The van der Waals surface area contributed by atoms with Crippen molar-refractivity contribution >= 4 is 22.7 Å². The summed E-state index contributed by atoms with van der Waals surface area (Å²) >= 11 is 2.08. The highest BCUT2D eigenvalue weighted by Crippen LogP contribution is 2.57. The molecule has 3 aliphatic carbocycles. The summed E-state index contributed by atoms with van der Waals surface area (Å²) in [6.45, 7) is 0. The minimum absolute atomic E-state index is 0.338. The summed E-state index contributed by atoms with van der Waals surface area (Å²) in [7, 11) is 0. The average molecular weight is 591 g/mol. The Morgan fingerprint density at radius 2 is 1.61 bits per heavy atom. The van der Waals surface area contributed by atoms with Crippen LogP contribution in [0.25, 0.3) is 33.2 Å². The van der Waals surface area contributed by atoms with Crippen LogP contribution in [-0.4, -0.2) is 11.4 Å². The largest absolute Gasteiger partial charge is 0.489 e. The van der Waals surface area contributed by atoms with Gasteiger partial charge >= 0.3 is 0 Å². The van der Waals surface area contributed by atoms with Crippen LogP contribution in [0, 0.1) is 11.8 Å². The molecule has 6 atom stereocenters. The summed E-state index contributed by atoms with van der Waals surface area (Å²) in [5, 5.41) is 1.85. The fourth-order valence-electron chi connectivity index (χ4n) is 8.93. The Bertz CT molecular complexity index is 2000. The maximum Gasteiger partial charge on any atom is 0.134 e. The fraction of sp³-hybridized carbons (Fsp3) is 0.268. The second-order valence-corrected chi connectivity index (χ2v) is 14.7. The van der Waals surface area contributed by atoms with Crippen LogP contribution in [-0.2, 0) is 6.42 Å². The molecular formula is C41H34O2S. The van der Waals surface area contributed by atoms with Crippen LogP contribution in [0.5, 0.6) is 5.75 Å². The zero-order chi connectivity index (χ0) is 28.8. The molecule has 5 aliphatic rings. The lowest BCUT2D eigenvalue weighted by atomic mass is 9.80. The van der Waals surface area contributed by atoms with E-state index in [0.717, 1.165) is 30.1 Å². The van der Waals surface area contributed by atoms with Crippen molar-refractivity contribution in [3.63, 3.8) is 0 Å². The number of furan rings is 1. The SMILES string of the molecule is C1=CCC(C2CC3Oc4ccc(-c5ccc6c(c5)SC5CCc7oc8ccc(-c9ccccc9)cc8c7C65)cc4C3C2)C=C1. The first-order valence-electron chi connectivity index (χ1n) is 16.3. The first-order chi connectivity index (χ1) is 21.8. The van der Waals surface area contributed by atoms with Crippen molar-refractivity contribution in [3.8, 4) is 28.0 Å². The first-order valence-corrected chi connectivity index (χ1v) is 17.2. The van der Waals surface area contributed by atoms with Crippen molar-refractivity contribution in [2.75, 3.05) is 0 Å². The number of thioether (sulfide) groups is 1. The Kier molecular flexibility index (Phi) is 5.64. The smallest absolute Gasteiger partial charge is 0.134 e. The highest BCUT2D eigenvalue weighted by molar-refractivity contribution is 8.00. The van der Waals surface area contributed by atoms with Crippen LogP contribution in [0.15, 0.2) is 119 Å². The number of ether oxygens (including phenoxy) is 1. The molecule has 5 aromatic rings. The maximum atomic E-state index is 6.52. The number of hydrogen-bond acceptors (Lipinski definition) is 3. The first kappa shape index (κ1) is 25.4. The lowest BCUT2D eigenvalue weighted by molar-refractivity contribution is 0.213. The van der Waals surface area contributed by atoms with Gasteiger partial charge in [-0.15, -0.1) is 11.8 Å². The molecule has 0 spiro atoms. The predicted molar refractivity (Wildman–Crippen MR) is 180 cm³/mol. The predicted octanol–water partition coefficient (Wildman–Crippen LogP) is 10.7. The summed E-state index contributed by atoms with van der Waals surface area (Å²) in [6, 6.07) is 31.6. The molecule has 3 heterocycles. The van der Waals surface area contributed by atoms with Crippen LogP contribution in [0.1, 0.15) is 60.0 Å². The molecular weight excluding hydrogens is 557 g/mol. The van der Waals surface area contributed by atoms with E-state index in [1.807, 2.05) is 0 Å². The molecule has 0 radical (unpaired) electrons. The zero-order valence-corrected chi connectivity index (χ0v) is 25.4. The zero-order valence-electron chi connectivity index (χ0n) is 24.6. The van der Waals surface area contributed by atoms with Gasteiger partial charge < -0.3 is 9.15 Å². The van der Waals surface area contributed by atoms with Crippen LogP contribution in [0.3, 0.4) is 0 Å². The minimum Gasteiger partial charge on any atom is -0.489 e. The molecule has 10 rings (SSSR count). The molecule has 2 aliphatic heterocycles. The van der Waals surface area contributed by atoms with E-state index in [-0.39, 0.29) is 0 Å². The molecule has 6 unspecified atom stereocenters. The van der Waals surface area contributed by atoms with Crippen LogP contribution < -0.4 is 4.74 Å². The molecule has 0 amide bonds. The topological polar surface area (TPSA) is 22.4 Å². The molecule has 1 aromatic heterocycles. The number of hydrogen-bond donors (Lipinski definition) is 0. The number of aryl methyl sites for hydroxylation is 1. The summed E-state index contributed by atoms with van der Waals surface area (Å²) in [5.41, 5.74) is 10.5. The number of allylic oxidation sites excluding steroid dienone is 4. The summed E-state index contributed by atoms with van der Waals surface area (Å²) < 4.78 is 13.0. The molecule has 0 N–H and O–H groups in total. The van der Waals surface area contributed by atoms with E-state index >= 15 is 0 Å². The third-order valence-electron chi connectivity index (χ3n) is 11.1. The number of fused-ring (bicyclic) bond motifs is 10. The maximum absolute atomic E-state index is 6.52. The van der Waals surface area contributed by atoms with Crippen molar-refractivity contribution < 1.29 is 9.15 Å². The van der Waals surface area contributed by atoms with E-state index in [0.29, 0.717) is 29.1 Å². The van der Waals surface area contributed by atoms with E-state index in [2.05, 4.69) is 121 Å². The van der Waals surface area contributed by atoms with Crippen molar-refractivity contribution in [2.45, 2.75) is 60.2 Å². The van der Waals surface area contributed by atoms with Gasteiger partial charge in [0.05, 0.1) is 0 Å². The Morgan fingerprint density at radius 3 is 2.52 bits per heavy atom. The Hall–Kier alpha value is -3.95. The van der Waals surface area contributed by atoms with Crippen molar-refractivity contribution in [1.82, 2.24) is 0 Å². The fourth-order valence-corrected chi connectivity index (χ4v) is 10.4. The number of benzene rings is 4. The van der Waals surface area contributed by atoms with Gasteiger partial charge in [-0.25, -0.2) is 0 Å². The molecule has 1 saturated carbocycles. The Morgan fingerprint density at radius 1 is 0.750 bits per heavy atom. The van der Waals surface area contributed by atoms with Gasteiger partial charge in [-0.2, -0.15) is 0 Å². The van der Waals surface area contributed by atoms with Gasteiger partial charge in [0.25, 0.3) is 0 Å². The summed E-state index contributed by atoms with van der Waals surface area (Å²) in [5.74, 6) is 4.58. The van der Waals surface area contributed by atoms with E-state index in [1.165, 1.54) is 74.2 Å². The van der Waals surface area contributed by atoms with Gasteiger partial charge in [0, 0.05) is 44.9 Å². The number of rotatable bonds is 3. The average Bonchev–Trinajstić information content (AvgIpc) is 3.84. The van der Waals surface area contributed by atoms with Gasteiger partial charge in [0.15, 0.2) is 0 Å².